The molecule has 3 atom stereocenters. The lowest BCUT2D eigenvalue weighted by Crippen LogP contribution is -2.28. The smallest absolute Gasteiger partial charge is 0.306 e. The third kappa shape index (κ3) is 23.3. The van der Waals surface area contributed by atoms with E-state index in [9.17, 15) is 14.7 Å². The van der Waals surface area contributed by atoms with Crippen LogP contribution >= 0.6 is 0 Å². The zero-order valence-electron chi connectivity index (χ0n) is 26.4. The molecule has 0 amide bonds. The molecule has 1 aliphatic rings. The number of allylic oxidation sites excluding steroid dienone is 5. The highest BCUT2D eigenvalue weighted by atomic mass is 16.6. The van der Waals surface area contributed by atoms with E-state index in [1.54, 1.807) is 0 Å². The maximum atomic E-state index is 12.2. The van der Waals surface area contributed by atoms with Crippen molar-refractivity contribution in [2.45, 2.75) is 155 Å². The van der Waals surface area contributed by atoms with Gasteiger partial charge in [0.25, 0.3) is 0 Å². The molecule has 0 radical (unpaired) electrons. The summed E-state index contributed by atoms with van der Waals surface area (Å²) in [6, 6.07) is 0. The zero-order chi connectivity index (χ0) is 30.0. The van der Waals surface area contributed by atoms with Crippen LogP contribution in [0.3, 0.4) is 0 Å². The molecule has 6 heteroatoms. The summed E-state index contributed by atoms with van der Waals surface area (Å²) < 4.78 is 16.2. The Kier molecular flexibility index (Phi) is 23.3. The normalized spacial score (nSPS) is 17.7. The highest BCUT2D eigenvalue weighted by Crippen LogP contribution is 2.30. The number of aliphatic hydroxyl groups is 1. The summed E-state index contributed by atoms with van der Waals surface area (Å²) in [5.41, 5.74) is 0. The number of esters is 2. The van der Waals surface area contributed by atoms with Gasteiger partial charge in [-0.2, -0.15) is 0 Å². The Bertz CT molecular complexity index is 741. The van der Waals surface area contributed by atoms with Gasteiger partial charge in [0.05, 0.1) is 18.8 Å². The topological polar surface area (TPSA) is 85.4 Å². The molecule has 1 saturated heterocycles. The minimum Gasteiger partial charge on any atom is -0.462 e. The van der Waals surface area contributed by atoms with Crippen molar-refractivity contribution in [1.82, 2.24) is 0 Å². The minimum atomic E-state index is -0.807. The molecule has 1 N–H and O–H groups in total. The molecule has 0 aromatic heterocycles. The first-order valence-corrected chi connectivity index (χ1v) is 16.5. The summed E-state index contributed by atoms with van der Waals surface area (Å²) in [6.45, 7) is 6.28. The van der Waals surface area contributed by atoms with Gasteiger partial charge in [0.2, 0.25) is 0 Å². The van der Waals surface area contributed by atoms with Gasteiger partial charge in [0, 0.05) is 12.8 Å². The lowest BCUT2D eigenvalue weighted by molar-refractivity contribution is -0.161. The summed E-state index contributed by atoms with van der Waals surface area (Å²) in [4.78, 5) is 24.1. The molecule has 0 aromatic rings. The van der Waals surface area contributed by atoms with Crippen molar-refractivity contribution in [3.63, 3.8) is 0 Å². The van der Waals surface area contributed by atoms with Gasteiger partial charge < -0.3 is 19.3 Å². The Morgan fingerprint density at radius 1 is 0.780 bits per heavy atom. The Morgan fingerprint density at radius 2 is 1.44 bits per heavy atom. The van der Waals surface area contributed by atoms with Crippen LogP contribution in [0.25, 0.3) is 0 Å². The quantitative estimate of drug-likeness (QED) is 0.0456. The molecule has 1 aliphatic heterocycles. The summed E-state index contributed by atoms with van der Waals surface area (Å²) in [7, 11) is 0. The van der Waals surface area contributed by atoms with Gasteiger partial charge in [-0.25, -0.2) is 0 Å². The fourth-order valence-electron chi connectivity index (χ4n) is 4.65. The fraction of sp³-hybridized carbons (Fsp3) is 0.771. The van der Waals surface area contributed by atoms with Gasteiger partial charge in [-0.05, 0) is 57.3 Å². The second-order valence-corrected chi connectivity index (χ2v) is 11.8. The van der Waals surface area contributed by atoms with Gasteiger partial charge in [-0.3, -0.25) is 9.59 Å². The SMILES string of the molecule is CCCCC/C=C\C/C=C\C/C=C\CC1OC1CCCC(=O)O[C@@H](CO)COC(=O)CCCCCCCCC(C)C. The van der Waals surface area contributed by atoms with Crippen LogP contribution in [-0.4, -0.2) is 48.6 Å². The van der Waals surface area contributed by atoms with E-state index >= 15 is 0 Å². The van der Waals surface area contributed by atoms with Crippen LogP contribution in [0.1, 0.15) is 136 Å². The van der Waals surface area contributed by atoms with E-state index in [0.29, 0.717) is 12.8 Å². The largest absolute Gasteiger partial charge is 0.462 e. The average Bonchev–Trinajstić information content (AvgIpc) is 3.70. The number of carbonyl (C=O) groups excluding carboxylic acids is 2. The second kappa shape index (κ2) is 25.8. The third-order valence-corrected chi connectivity index (χ3v) is 7.29. The molecular formula is C35H60O6. The van der Waals surface area contributed by atoms with Gasteiger partial charge >= 0.3 is 11.9 Å². The summed E-state index contributed by atoms with van der Waals surface area (Å²) in [5, 5.41) is 9.51. The number of carbonyl (C=O) groups is 2. The van der Waals surface area contributed by atoms with Crippen molar-refractivity contribution in [3.05, 3.63) is 36.5 Å². The van der Waals surface area contributed by atoms with Crippen LogP contribution in [0, 0.1) is 5.92 Å². The van der Waals surface area contributed by atoms with Crippen molar-refractivity contribution in [2.75, 3.05) is 13.2 Å². The molecular weight excluding hydrogens is 516 g/mol. The standard InChI is InChI=1S/C35H60O6/c1-4-5-6-7-8-9-10-11-12-13-17-20-24-32-33(41-32)25-22-27-35(38)40-31(28-36)29-39-34(37)26-21-18-15-14-16-19-23-30(2)3/h8-9,11-12,17,20,30-33,36H,4-7,10,13-16,18-19,21-29H2,1-3H3/b9-8-,12-11-,20-17-/t31-,32?,33?/m0/s1. The van der Waals surface area contributed by atoms with Crippen molar-refractivity contribution >= 4 is 11.9 Å². The number of hydrogen-bond donors (Lipinski definition) is 1. The highest BCUT2D eigenvalue weighted by Gasteiger charge is 2.36. The molecule has 0 saturated carbocycles. The average molecular weight is 577 g/mol. The molecule has 41 heavy (non-hydrogen) atoms. The molecule has 0 aliphatic carbocycles. The maximum Gasteiger partial charge on any atom is 0.306 e. The first-order valence-electron chi connectivity index (χ1n) is 16.5. The third-order valence-electron chi connectivity index (χ3n) is 7.29. The van der Waals surface area contributed by atoms with Crippen LogP contribution < -0.4 is 0 Å². The van der Waals surface area contributed by atoms with Crippen molar-refractivity contribution in [1.29, 1.82) is 0 Å². The summed E-state index contributed by atoms with van der Waals surface area (Å²) in [5.74, 6) is 0.0919. The molecule has 2 unspecified atom stereocenters. The summed E-state index contributed by atoms with van der Waals surface area (Å²) in [6.07, 6.45) is 30.9. The molecule has 0 bridgehead atoms. The van der Waals surface area contributed by atoms with E-state index in [-0.39, 0.29) is 43.8 Å². The van der Waals surface area contributed by atoms with Crippen LogP contribution in [0.5, 0.6) is 0 Å². The van der Waals surface area contributed by atoms with Crippen molar-refractivity contribution < 1.29 is 28.9 Å². The van der Waals surface area contributed by atoms with Crippen LogP contribution in [0.15, 0.2) is 36.5 Å². The molecule has 1 rings (SSSR count). The molecule has 0 aromatic carbocycles. The van der Waals surface area contributed by atoms with Crippen LogP contribution in [0.2, 0.25) is 0 Å². The number of unbranched alkanes of at least 4 members (excludes halogenated alkanes) is 8. The Morgan fingerprint density at radius 3 is 2.15 bits per heavy atom. The Hall–Kier alpha value is -1.92. The van der Waals surface area contributed by atoms with E-state index in [2.05, 4.69) is 57.2 Å². The first-order chi connectivity index (χ1) is 20.0. The highest BCUT2D eigenvalue weighted by molar-refractivity contribution is 5.70. The lowest BCUT2D eigenvalue weighted by atomic mass is 10.0. The van der Waals surface area contributed by atoms with E-state index < -0.39 is 6.10 Å². The predicted molar refractivity (Wildman–Crippen MR) is 168 cm³/mol. The number of hydrogen-bond acceptors (Lipinski definition) is 6. The molecule has 6 nitrogen and oxygen atoms in total. The number of aliphatic hydroxyl groups excluding tert-OH is 1. The number of ether oxygens (including phenoxy) is 3. The fourth-order valence-corrected chi connectivity index (χ4v) is 4.65. The Balaban J connectivity index is 2.00. The van der Waals surface area contributed by atoms with Crippen molar-refractivity contribution in [2.24, 2.45) is 5.92 Å². The number of rotatable bonds is 27. The zero-order valence-corrected chi connectivity index (χ0v) is 26.4. The van der Waals surface area contributed by atoms with E-state index in [1.807, 2.05) is 0 Å². The van der Waals surface area contributed by atoms with E-state index in [1.165, 1.54) is 51.4 Å². The minimum absolute atomic E-state index is 0.0959. The predicted octanol–water partition coefficient (Wildman–Crippen LogP) is 8.57. The molecule has 1 heterocycles. The monoisotopic (exact) mass is 576 g/mol. The Labute approximate surface area is 251 Å². The van der Waals surface area contributed by atoms with E-state index in [0.717, 1.165) is 50.9 Å². The maximum absolute atomic E-state index is 12.2. The summed E-state index contributed by atoms with van der Waals surface area (Å²) >= 11 is 0. The molecule has 1 fully saturated rings. The first kappa shape index (κ1) is 37.1. The second-order valence-electron chi connectivity index (χ2n) is 11.8. The number of epoxide rings is 1. The van der Waals surface area contributed by atoms with Gasteiger partial charge in [0.1, 0.15) is 6.61 Å². The van der Waals surface area contributed by atoms with Gasteiger partial charge in [0.15, 0.2) is 6.10 Å². The van der Waals surface area contributed by atoms with Crippen LogP contribution in [-0.2, 0) is 23.8 Å². The van der Waals surface area contributed by atoms with Gasteiger partial charge in [-0.15, -0.1) is 0 Å². The van der Waals surface area contributed by atoms with Gasteiger partial charge in [-0.1, -0.05) is 109 Å². The molecule has 0 spiro atoms. The van der Waals surface area contributed by atoms with Crippen LogP contribution in [0.4, 0.5) is 0 Å². The van der Waals surface area contributed by atoms with E-state index in [4.69, 9.17) is 14.2 Å². The molecule has 236 valence electrons. The lowest BCUT2D eigenvalue weighted by Gasteiger charge is -2.15. The van der Waals surface area contributed by atoms with Crippen molar-refractivity contribution in [3.8, 4) is 0 Å².